The predicted octanol–water partition coefficient (Wildman–Crippen LogP) is 17.5. The van der Waals surface area contributed by atoms with Crippen molar-refractivity contribution >= 4 is 19.8 Å². The lowest BCUT2D eigenvalue weighted by molar-refractivity contribution is -0.161. The minimum absolute atomic E-state index is 0.0474. The van der Waals surface area contributed by atoms with Crippen LogP contribution in [-0.2, 0) is 32.7 Å². The van der Waals surface area contributed by atoms with Gasteiger partial charge in [0, 0.05) is 19.4 Å². The van der Waals surface area contributed by atoms with Crippen LogP contribution >= 0.6 is 7.82 Å². The molecule has 0 heterocycles. The number of carbonyl (C=O) groups excluding carboxylic acids is 2. The third-order valence-corrected chi connectivity index (χ3v) is 12.4. The van der Waals surface area contributed by atoms with E-state index in [2.05, 4.69) is 123 Å². The molecule has 0 rings (SSSR count). The number of nitrogens with two attached hydrogens (primary N) is 1. The summed E-state index contributed by atoms with van der Waals surface area (Å²) in [6, 6.07) is 0. The number of esters is 2. The third kappa shape index (κ3) is 54.0. The highest BCUT2D eigenvalue weighted by Gasteiger charge is 2.26. The van der Waals surface area contributed by atoms with E-state index in [1.165, 1.54) is 89.9 Å². The van der Waals surface area contributed by atoms with Crippen molar-refractivity contribution in [2.75, 3.05) is 26.4 Å². The fraction of sp³-hybridized carbons (Fsp3) is 0.667. The van der Waals surface area contributed by atoms with Gasteiger partial charge in [0.05, 0.1) is 13.2 Å². The smallest absolute Gasteiger partial charge is 0.462 e. The number of ether oxygens (including phenoxy) is 2. The highest BCUT2D eigenvalue weighted by molar-refractivity contribution is 7.47. The zero-order chi connectivity index (χ0) is 51.0. The number of phosphoric ester groups is 1. The van der Waals surface area contributed by atoms with Gasteiger partial charge in [-0.05, 0) is 83.5 Å². The van der Waals surface area contributed by atoms with Gasteiger partial charge in [-0.15, -0.1) is 0 Å². The van der Waals surface area contributed by atoms with Crippen LogP contribution < -0.4 is 5.73 Å². The molecule has 3 N–H and O–H groups in total. The lowest BCUT2D eigenvalue weighted by Crippen LogP contribution is -2.29. The van der Waals surface area contributed by atoms with E-state index in [1.807, 2.05) is 0 Å². The number of phosphoric acid groups is 1. The second-order valence-corrected chi connectivity index (χ2v) is 19.5. The first kappa shape index (κ1) is 66.7. The fourth-order valence-corrected chi connectivity index (χ4v) is 8.10. The highest BCUT2D eigenvalue weighted by atomic mass is 31.2. The second-order valence-electron chi connectivity index (χ2n) is 18.1. The largest absolute Gasteiger partial charge is 0.472 e. The Morgan fingerprint density at radius 2 is 0.786 bits per heavy atom. The molecule has 0 bridgehead atoms. The van der Waals surface area contributed by atoms with Gasteiger partial charge >= 0.3 is 19.8 Å². The Bertz CT molecular complexity index is 1510. The summed E-state index contributed by atoms with van der Waals surface area (Å²) in [5.41, 5.74) is 5.37. The first-order chi connectivity index (χ1) is 34.3. The summed E-state index contributed by atoms with van der Waals surface area (Å²) in [7, 11) is -4.39. The molecule has 400 valence electrons. The summed E-state index contributed by atoms with van der Waals surface area (Å²) in [6.45, 7) is 3.61. The Morgan fingerprint density at radius 1 is 0.443 bits per heavy atom. The molecule has 0 aromatic heterocycles. The summed E-state index contributed by atoms with van der Waals surface area (Å²) in [4.78, 5) is 35.1. The lowest BCUT2D eigenvalue weighted by atomic mass is 10.0. The molecule has 0 aromatic rings. The molecule has 0 aliphatic rings. The number of allylic oxidation sites excluding steroid dienone is 18. The minimum Gasteiger partial charge on any atom is -0.462 e. The van der Waals surface area contributed by atoms with Gasteiger partial charge in [-0.25, -0.2) is 4.57 Å². The van der Waals surface area contributed by atoms with Crippen molar-refractivity contribution in [3.63, 3.8) is 0 Å². The third-order valence-electron chi connectivity index (χ3n) is 11.4. The normalized spacial score (nSPS) is 13.9. The topological polar surface area (TPSA) is 134 Å². The molecule has 2 atom stereocenters. The highest BCUT2D eigenvalue weighted by Crippen LogP contribution is 2.43. The summed E-state index contributed by atoms with van der Waals surface area (Å²) in [5.74, 6) is -0.843. The van der Waals surface area contributed by atoms with Gasteiger partial charge in [0.25, 0.3) is 0 Å². The van der Waals surface area contributed by atoms with Crippen LogP contribution in [0.3, 0.4) is 0 Å². The lowest BCUT2D eigenvalue weighted by Gasteiger charge is -2.19. The molecule has 0 amide bonds. The number of carbonyl (C=O) groups is 2. The summed E-state index contributed by atoms with van der Waals surface area (Å²) in [6.07, 6.45) is 74.2. The first-order valence-corrected chi connectivity index (χ1v) is 29.4. The van der Waals surface area contributed by atoms with Gasteiger partial charge in [0.1, 0.15) is 6.61 Å². The Balaban J connectivity index is 4.03. The number of unbranched alkanes of at least 4 members (excludes halogenated alkanes) is 20. The van der Waals surface area contributed by atoms with E-state index in [9.17, 15) is 19.0 Å². The van der Waals surface area contributed by atoms with Crippen LogP contribution in [0.15, 0.2) is 109 Å². The SMILES string of the molecule is CC/C=C\C/C=C\C/C=C\C/C=C\C/C=C\C/C=C\C/C=C\C/C=C\C/C=C\CCCCCCCCCC(=O)OC(COC(=O)CCCCCCCCCCCCCCCC)COP(=O)(O)OCCN. The quantitative estimate of drug-likeness (QED) is 0.0264. The van der Waals surface area contributed by atoms with Crippen molar-refractivity contribution in [1.29, 1.82) is 0 Å². The van der Waals surface area contributed by atoms with Crippen LogP contribution in [0.25, 0.3) is 0 Å². The monoisotopic (exact) mass is 996 g/mol. The Morgan fingerprint density at radius 3 is 1.17 bits per heavy atom. The number of rotatable bonds is 51. The van der Waals surface area contributed by atoms with Gasteiger partial charge in [0.15, 0.2) is 6.10 Å². The van der Waals surface area contributed by atoms with Crippen LogP contribution in [0.1, 0.15) is 226 Å². The van der Waals surface area contributed by atoms with Gasteiger partial charge in [-0.3, -0.25) is 18.6 Å². The molecule has 2 unspecified atom stereocenters. The molecule has 9 nitrogen and oxygen atoms in total. The minimum atomic E-state index is -4.39. The molecule has 0 radical (unpaired) electrons. The van der Waals surface area contributed by atoms with Gasteiger partial charge in [0.2, 0.25) is 0 Å². The Kier molecular flexibility index (Phi) is 52.4. The molecular weight excluding hydrogens is 894 g/mol. The maximum Gasteiger partial charge on any atom is 0.472 e. The van der Waals surface area contributed by atoms with E-state index in [4.69, 9.17) is 24.3 Å². The van der Waals surface area contributed by atoms with E-state index < -0.39 is 26.5 Å². The van der Waals surface area contributed by atoms with Crippen LogP contribution in [0.2, 0.25) is 0 Å². The van der Waals surface area contributed by atoms with Crippen molar-refractivity contribution in [1.82, 2.24) is 0 Å². The van der Waals surface area contributed by atoms with Crippen LogP contribution in [0.5, 0.6) is 0 Å². The maximum absolute atomic E-state index is 12.7. The van der Waals surface area contributed by atoms with E-state index >= 15 is 0 Å². The zero-order valence-electron chi connectivity index (χ0n) is 44.5. The maximum atomic E-state index is 12.7. The molecule has 10 heteroatoms. The molecule has 0 saturated heterocycles. The van der Waals surface area contributed by atoms with Crippen molar-refractivity contribution in [3.05, 3.63) is 109 Å². The number of hydrogen-bond donors (Lipinski definition) is 2. The molecular formula is C60H102NO8P. The van der Waals surface area contributed by atoms with Gasteiger partial charge < -0.3 is 20.1 Å². The number of hydrogen-bond acceptors (Lipinski definition) is 8. The van der Waals surface area contributed by atoms with Crippen LogP contribution in [0.4, 0.5) is 0 Å². The summed E-state index contributed by atoms with van der Waals surface area (Å²) < 4.78 is 32.9. The Hall–Kier alpha value is -3.33. The first-order valence-electron chi connectivity index (χ1n) is 27.9. The van der Waals surface area contributed by atoms with Gasteiger partial charge in [-0.2, -0.15) is 0 Å². The van der Waals surface area contributed by atoms with Crippen molar-refractivity contribution in [2.45, 2.75) is 232 Å². The van der Waals surface area contributed by atoms with E-state index in [0.29, 0.717) is 6.42 Å². The van der Waals surface area contributed by atoms with Crippen molar-refractivity contribution in [2.24, 2.45) is 5.73 Å². The average molecular weight is 996 g/mol. The Labute approximate surface area is 429 Å². The molecule has 0 fully saturated rings. The van der Waals surface area contributed by atoms with Crippen LogP contribution in [0, 0.1) is 0 Å². The average Bonchev–Trinajstić information content (AvgIpc) is 3.35. The molecule has 0 aliphatic carbocycles. The van der Waals surface area contributed by atoms with Gasteiger partial charge in [-0.1, -0.05) is 239 Å². The molecule has 70 heavy (non-hydrogen) atoms. The molecule has 0 aromatic carbocycles. The summed E-state index contributed by atoms with van der Waals surface area (Å²) in [5, 5.41) is 0. The molecule has 0 spiro atoms. The zero-order valence-corrected chi connectivity index (χ0v) is 45.4. The molecule has 0 aliphatic heterocycles. The standard InChI is InChI=1S/C60H102NO8P/c1-3-5-7-9-11-13-15-17-19-20-21-22-23-24-25-26-27-28-29-30-31-32-33-34-35-36-37-38-39-41-43-45-47-49-51-53-60(63)69-58(57-68-70(64,65)67-55-54-61)56-66-59(62)52-50-48-46-44-42-40-18-16-14-12-10-8-6-4-2/h5,7,11,13,17,19,21-22,24-25,27-28,30-31,33-34,36-37,58H,3-4,6,8-10,12,14-16,18,20,23,26,29,32,35,38-57,61H2,1-2H3,(H,64,65)/b7-5-,13-11-,19-17-,22-21-,25-24-,28-27-,31-30-,34-33-,37-36-. The molecule has 0 saturated carbocycles. The van der Waals surface area contributed by atoms with Crippen molar-refractivity contribution < 1.29 is 37.6 Å². The fourth-order valence-electron chi connectivity index (χ4n) is 7.33. The second kappa shape index (κ2) is 55.0. The summed E-state index contributed by atoms with van der Waals surface area (Å²) >= 11 is 0. The van der Waals surface area contributed by atoms with Crippen LogP contribution in [-0.4, -0.2) is 49.3 Å². The predicted molar refractivity (Wildman–Crippen MR) is 298 cm³/mol. The van der Waals surface area contributed by atoms with E-state index in [-0.39, 0.29) is 38.6 Å². The van der Waals surface area contributed by atoms with E-state index in [1.54, 1.807) is 0 Å². The van der Waals surface area contributed by atoms with E-state index in [0.717, 1.165) is 103 Å². The van der Waals surface area contributed by atoms with Crippen molar-refractivity contribution in [3.8, 4) is 0 Å².